The Bertz CT molecular complexity index is 863. The normalized spacial score (nSPS) is 10.4. The first kappa shape index (κ1) is 16.1. The van der Waals surface area contributed by atoms with E-state index in [-0.39, 0.29) is 5.75 Å². The molecule has 5 heteroatoms. The molecule has 0 aliphatic heterocycles. The van der Waals surface area contributed by atoms with E-state index in [1.165, 1.54) is 0 Å². The van der Waals surface area contributed by atoms with Crippen molar-refractivity contribution in [2.45, 2.75) is 6.92 Å². The summed E-state index contributed by atoms with van der Waals surface area (Å²) >= 11 is 5.38. The van der Waals surface area contributed by atoms with E-state index in [1.54, 1.807) is 6.07 Å². The molecular formula is C19H18N2O2S. The minimum absolute atomic E-state index is 0.251. The number of anilines is 2. The molecule has 3 aromatic rings. The van der Waals surface area contributed by atoms with Gasteiger partial charge in [-0.05, 0) is 55.5 Å². The number of ether oxygens (including phenoxy) is 1. The molecule has 3 N–H and O–H groups in total. The molecule has 0 aromatic heterocycles. The number of thiocarbonyl (C=S) groups is 1. The Morgan fingerprint density at radius 2 is 1.67 bits per heavy atom. The second-order valence-electron chi connectivity index (χ2n) is 5.21. The number of hydrogen-bond acceptors (Lipinski definition) is 3. The van der Waals surface area contributed by atoms with Crippen molar-refractivity contribution in [3.05, 3.63) is 60.7 Å². The van der Waals surface area contributed by atoms with Crippen LogP contribution in [0, 0.1) is 0 Å². The number of fused-ring (bicyclic) bond motifs is 1. The molecule has 0 radical (unpaired) electrons. The second kappa shape index (κ2) is 7.19. The Morgan fingerprint density at radius 3 is 2.42 bits per heavy atom. The summed E-state index contributed by atoms with van der Waals surface area (Å²) in [4.78, 5) is 0. The van der Waals surface area contributed by atoms with Gasteiger partial charge in [0, 0.05) is 22.1 Å². The van der Waals surface area contributed by atoms with E-state index < -0.39 is 0 Å². The average molecular weight is 338 g/mol. The van der Waals surface area contributed by atoms with E-state index in [4.69, 9.17) is 17.0 Å². The van der Waals surface area contributed by atoms with E-state index in [0.717, 1.165) is 27.9 Å². The van der Waals surface area contributed by atoms with E-state index in [2.05, 4.69) is 10.6 Å². The third-order valence-electron chi connectivity index (χ3n) is 3.57. The smallest absolute Gasteiger partial charge is 0.175 e. The van der Waals surface area contributed by atoms with Gasteiger partial charge in [-0.25, -0.2) is 0 Å². The Balaban J connectivity index is 1.74. The van der Waals surface area contributed by atoms with Crippen LogP contribution in [0.5, 0.6) is 11.5 Å². The van der Waals surface area contributed by atoms with E-state index in [9.17, 15) is 5.11 Å². The molecule has 4 nitrogen and oxygen atoms in total. The van der Waals surface area contributed by atoms with Crippen molar-refractivity contribution in [3.63, 3.8) is 0 Å². The predicted molar refractivity (Wildman–Crippen MR) is 103 cm³/mol. The quantitative estimate of drug-likeness (QED) is 0.599. The first-order chi connectivity index (χ1) is 11.7. The summed E-state index contributed by atoms with van der Waals surface area (Å²) in [6.07, 6.45) is 0. The van der Waals surface area contributed by atoms with Crippen molar-refractivity contribution in [3.8, 4) is 11.5 Å². The zero-order chi connectivity index (χ0) is 16.9. The number of hydrogen-bond donors (Lipinski definition) is 3. The van der Waals surface area contributed by atoms with Crippen LogP contribution in [0.3, 0.4) is 0 Å². The lowest BCUT2D eigenvalue weighted by Gasteiger charge is -2.13. The molecule has 3 aromatic carbocycles. The summed E-state index contributed by atoms with van der Waals surface area (Å²) in [5.74, 6) is 1.08. The minimum atomic E-state index is 0.251. The maximum Gasteiger partial charge on any atom is 0.175 e. The van der Waals surface area contributed by atoms with Crippen LogP contribution in [0.25, 0.3) is 10.8 Å². The molecule has 122 valence electrons. The highest BCUT2D eigenvalue weighted by atomic mass is 32.1. The summed E-state index contributed by atoms with van der Waals surface area (Å²) in [5, 5.41) is 18.4. The number of phenolic OH excluding ortho intramolecular Hbond substituents is 1. The van der Waals surface area contributed by atoms with Crippen LogP contribution < -0.4 is 15.4 Å². The van der Waals surface area contributed by atoms with Gasteiger partial charge in [0.25, 0.3) is 0 Å². The van der Waals surface area contributed by atoms with Gasteiger partial charge in [0.1, 0.15) is 11.5 Å². The third-order valence-corrected chi connectivity index (χ3v) is 3.77. The number of aromatic hydroxyl groups is 1. The molecule has 0 saturated heterocycles. The van der Waals surface area contributed by atoms with Gasteiger partial charge in [0.05, 0.1) is 6.61 Å². The lowest BCUT2D eigenvalue weighted by molar-refractivity contribution is 0.340. The Hall–Kier alpha value is -2.79. The highest BCUT2D eigenvalue weighted by Crippen LogP contribution is 2.29. The lowest BCUT2D eigenvalue weighted by atomic mass is 10.1. The molecule has 0 unspecified atom stereocenters. The second-order valence-corrected chi connectivity index (χ2v) is 5.62. The molecule has 24 heavy (non-hydrogen) atoms. The van der Waals surface area contributed by atoms with Crippen LogP contribution >= 0.6 is 12.2 Å². The molecule has 0 atom stereocenters. The molecule has 0 amide bonds. The molecule has 0 fully saturated rings. The maximum atomic E-state index is 9.95. The number of rotatable bonds is 4. The van der Waals surface area contributed by atoms with Gasteiger partial charge in [0.2, 0.25) is 0 Å². The van der Waals surface area contributed by atoms with E-state index >= 15 is 0 Å². The predicted octanol–water partition coefficient (Wildman–Crippen LogP) is 4.75. The molecular weight excluding hydrogens is 320 g/mol. The first-order valence-corrected chi connectivity index (χ1v) is 8.10. The highest BCUT2D eigenvalue weighted by Gasteiger charge is 2.06. The largest absolute Gasteiger partial charge is 0.507 e. The fourth-order valence-electron chi connectivity index (χ4n) is 2.49. The highest BCUT2D eigenvalue weighted by molar-refractivity contribution is 7.80. The van der Waals surface area contributed by atoms with Gasteiger partial charge in [-0.1, -0.05) is 24.3 Å². The Morgan fingerprint density at radius 1 is 0.958 bits per heavy atom. The third kappa shape index (κ3) is 3.58. The zero-order valence-corrected chi connectivity index (χ0v) is 14.1. The molecule has 0 bridgehead atoms. The lowest BCUT2D eigenvalue weighted by Crippen LogP contribution is -2.19. The van der Waals surface area contributed by atoms with Crippen LogP contribution in [0.1, 0.15) is 6.92 Å². The van der Waals surface area contributed by atoms with E-state index in [0.29, 0.717) is 11.7 Å². The molecule has 0 spiro atoms. The van der Waals surface area contributed by atoms with Crippen molar-refractivity contribution in [2.75, 3.05) is 17.2 Å². The fourth-order valence-corrected chi connectivity index (χ4v) is 2.72. The van der Waals surface area contributed by atoms with Gasteiger partial charge in [-0.15, -0.1) is 0 Å². The molecule has 3 rings (SSSR count). The molecule has 0 aliphatic carbocycles. The van der Waals surface area contributed by atoms with Crippen molar-refractivity contribution in [1.82, 2.24) is 0 Å². The zero-order valence-electron chi connectivity index (χ0n) is 13.2. The van der Waals surface area contributed by atoms with Crippen molar-refractivity contribution in [1.29, 1.82) is 0 Å². The van der Waals surface area contributed by atoms with Crippen molar-refractivity contribution < 1.29 is 9.84 Å². The summed E-state index contributed by atoms with van der Waals surface area (Å²) in [5.41, 5.74) is 1.71. The monoisotopic (exact) mass is 338 g/mol. The summed E-state index contributed by atoms with van der Waals surface area (Å²) in [6.45, 7) is 2.59. The summed E-state index contributed by atoms with van der Waals surface area (Å²) in [7, 11) is 0. The topological polar surface area (TPSA) is 53.5 Å². The van der Waals surface area contributed by atoms with Gasteiger partial charge in [-0.3, -0.25) is 0 Å². The summed E-state index contributed by atoms with van der Waals surface area (Å²) < 4.78 is 5.42. The van der Waals surface area contributed by atoms with Crippen LogP contribution in [0.2, 0.25) is 0 Å². The molecule has 0 aliphatic rings. The van der Waals surface area contributed by atoms with Crippen LogP contribution in [0.4, 0.5) is 11.4 Å². The number of phenols is 1. The number of benzene rings is 3. The first-order valence-electron chi connectivity index (χ1n) is 7.69. The van der Waals surface area contributed by atoms with Crippen molar-refractivity contribution in [2.24, 2.45) is 0 Å². The molecule has 0 heterocycles. The van der Waals surface area contributed by atoms with Gasteiger partial charge >= 0.3 is 0 Å². The van der Waals surface area contributed by atoms with E-state index in [1.807, 2.05) is 61.5 Å². The van der Waals surface area contributed by atoms with Crippen molar-refractivity contribution >= 4 is 39.5 Å². The fraction of sp³-hybridized carbons (Fsp3) is 0.105. The average Bonchev–Trinajstić information content (AvgIpc) is 2.58. The SMILES string of the molecule is CCOc1ccc(NC(=S)Nc2cccc3c(O)cccc23)cc1. The van der Waals surface area contributed by atoms with Gasteiger partial charge < -0.3 is 20.5 Å². The van der Waals surface area contributed by atoms with Crippen LogP contribution in [-0.4, -0.2) is 16.8 Å². The Labute approximate surface area is 146 Å². The minimum Gasteiger partial charge on any atom is -0.507 e. The van der Waals surface area contributed by atoms with Gasteiger partial charge in [-0.2, -0.15) is 0 Å². The van der Waals surface area contributed by atoms with Crippen LogP contribution in [-0.2, 0) is 0 Å². The van der Waals surface area contributed by atoms with Gasteiger partial charge in [0.15, 0.2) is 5.11 Å². The molecule has 0 saturated carbocycles. The summed E-state index contributed by atoms with van der Waals surface area (Å²) in [6, 6.07) is 18.7. The Kier molecular flexibility index (Phi) is 4.82. The maximum absolute atomic E-state index is 9.95. The number of nitrogens with one attached hydrogen (secondary N) is 2. The van der Waals surface area contributed by atoms with Crippen LogP contribution in [0.15, 0.2) is 60.7 Å². The standard InChI is InChI=1S/C19H18N2O2S/c1-2-23-14-11-9-13(10-12-14)20-19(24)21-17-7-3-6-16-15(17)5-4-8-18(16)22/h3-12,22H,2H2,1H3,(H2,20,21,24).